The summed E-state index contributed by atoms with van der Waals surface area (Å²) in [7, 11) is -3.49. The van der Waals surface area contributed by atoms with Gasteiger partial charge in [0.2, 0.25) is 0 Å². The van der Waals surface area contributed by atoms with E-state index in [1.807, 2.05) is 0 Å². The van der Waals surface area contributed by atoms with Crippen molar-refractivity contribution in [3.05, 3.63) is 0 Å². The summed E-state index contributed by atoms with van der Waals surface area (Å²) in [4.78, 5) is 0. The Balaban J connectivity index is 2.90. The zero-order valence-corrected chi connectivity index (χ0v) is 24.1. The SMILES string of the molecule is CCCCCCCO[C@@H]1C[C@H](O[Si](CC)(CC)CC)[C@@H](O[Si](CC)(CC)CC)[C@H](C)O1. The van der Waals surface area contributed by atoms with Gasteiger partial charge in [0.15, 0.2) is 22.9 Å². The molecule has 0 unspecified atom stereocenters. The summed E-state index contributed by atoms with van der Waals surface area (Å²) in [6, 6.07) is 6.97. The fraction of sp³-hybridized carbons (Fsp3) is 1.00. The minimum absolute atomic E-state index is 0.0117. The maximum absolute atomic E-state index is 7.05. The highest BCUT2D eigenvalue weighted by Crippen LogP contribution is 2.35. The molecule has 1 saturated heterocycles. The van der Waals surface area contributed by atoms with E-state index in [4.69, 9.17) is 18.3 Å². The minimum atomic E-state index is -1.75. The van der Waals surface area contributed by atoms with Crippen LogP contribution in [0.5, 0.6) is 0 Å². The molecule has 31 heavy (non-hydrogen) atoms. The van der Waals surface area contributed by atoms with Gasteiger partial charge in [-0.05, 0) is 49.6 Å². The zero-order valence-electron chi connectivity index (χ0n) is 22.1. The highest BCUT2D eigenvalue weighted by molar-refractivity contribution is 6.74. The van der Waals surface area contributed by atoms with Gasteiger partial charge in [-0.15, -0.1) is 0 Å². The van der Waals surface area contributed by atoms with E-state index in [9.17, 15) is 0 Å². The maximum Gasteiger partial charge on any atom is 0.192 e. The molecular formula is C25H54O4Si2. The van der Waals surface area contributed by atoms with Crippen molar-refractivity contribution < 1.29 is 18.3 Å². The molecule has 0 aliphatic carbocycles. The quantitative estimate of drug-likeness (QED) is 0.159. The molecule has 0 aromatic carbocycles. The predicted octanol–water partition coefficient (Wildman–Crippen LogP) is 7.89. The predicted molar refractivity (Wildman–Crippen MR) is 138 cm³/mol. The molecule has 4 nitrogen and oxygen atoms in total. The van der Waals surface area contributed by atoms with Crippen molar-refractivity contribution in [1.29, 1.82) is 0 Å². The van der Waals surface area contributed by atoms with Gasteiger partial charge in [0.1, 0.15) is 0 Å². The summed E-state index contributed by atoms with van der Waals surface area (Å²) in [6.07, 6.45) is 7.05. The van der Waals surface area contributed by atoms with Gasteiger partial charge in [-0.2, -0.15) is 0 Å². The normalized spacial score (nSPS) is 25.2. The fourth-order valence-corrected chi connectivity index (χ4v) is 10.7. The van der Waals surface area contributed by atoms with Crippen LogP contribution in [0, 0.1) is 0 Å². The Labute approximate surface area is 196 Å². The molecule has 1 rings (SSSR count). The van der Waals surface area contributed by atoms with Gasteiger partial charge >= 0.3 is 0 Å². The lowest BCUT2D eigenvalue weighted by atomic mass is 10.0. The van der Waals surface area contributed by atoms with Crippen molar-refractivity contribution in [2.24, 2.45) is 0 Å². The molecule has 1 aliphatic heterocycles. The van der Waals surface area contributed by atoms with Gasteiger partial charge < -0.3 is 18.3 Å². The van der Waals surface area contributed by atoms with Gasteiger partial charge in [-0.25, -0.2) is 0 Å². The molecule has 1 aliphatic rings. The Bertz CT molecular complexity index is 438. The second-order valence-corrected chi connectivity index (χ2v) is 19.0. The molecule has 1 fully saturated rings. The summed E-state index contributed by atoms with van der Waals surface area (Å²) >= 11 is 0. The monoisotopic (exact) mass is 474 g/mol. The molecule has 0 aromatic rings. The summed E-state index contributed by atoms with van der Waals surface area (Å²) in [5, 5.41) is 0. The molecule has 0 bridgehead atoms. The second-order valence-electron chi connectivity index (χ2n) is 9.52. The molecule has 0 aromatic heterocycles. The molecule has 0 saturated carbocycles. The van der Waals surface area contributed by atoms with E-state index in [0.717, 1.165) is 37.6 Å². The Hall–Kier alpha value is 0.274. The van der Waals surface area contributed by atoms with E-state index in [1.54, 1.807) is 0 Å². The largest absolute Gasteiger partial charge is 0.411 e. The summed E-state index contributed by atoms with van der Waals surface area (Å²) < 4.78 is 26.6. The minimum Gasteiger partial charge on any atom is -0.411 e. The Kier molecular flexibility index (Phi) is 14.4. The van der Waals surface area contributed by atoms with Crippen LogP contribution in [0.25, 0.3) is 0 Å². The lowest BCUT2D eigenvalue weighted by Crippen LogP contribution is -2.57. The molecular weight excluding hydrogens is 420 g/mol. The van der Waals surface area contributed by atoms with Crippen molar-refractivity contribution in [1.82, 2.24) is 0 Å². The lowest BCUT2D eigenvalue weighted by Gasteiger charge is -2.47. The van der Waals surface area contributed by atoms with Gasteiger partial charge in [0.25, 0.3) is 0 Å². The van der Waals surface area contributed by atoms with Crippen LogP contribution in [0.1, 0.15) is 93.9 Å². The first-order valence-corrected chi connectivity index (χ1v) is 18.6. The first-order valence-electron chi connectivity index (χ1n) is 13.5. The van der Waals surface area contributed by atoms with Crippen molar-refractivity contribution in [3.63, 3.8) is 0 Å². The fourth-order valence-electron chi connectivity index (χ4n) is 4.92. The molecule has 186 valence electrons. The van der Waals surface area contributed by atoms with Gasteiger partial charge in [-0.3, -0.25) is 0 Å². The van der Waals surface area contributed by atoms with Crippen LogP contribution in [0.4, 0.5) is 0 Å². The third-order valence-corrected chi connectivity index (χ3v) is 17.1. The van der Waals surface area contributed by atoms with E-state index in [0.29, 0.717) is 0 Å². The zero-order chi connectivity index (χ0) is 23.3. The molecule has 4 atom stereocenters. The summed E-state index contributed by atoms with van der Waals surface area (Å²) in [6.45, 7) is 19.1. The van der Waals surface area contributed by atoms with Crippen LogP contribution in [0.3, 0.4) is 0 Å². The molecule has 0 spiro atoms. The second kappa shape index (κ2) is 15.2. The first-order chi connectivity index (χ1) is 14.9. The number of rotatable bonds is 17. The molecule has 6 heteroatoms. The highest BCUT2D eigenvalue weighted by atomic mass is 28.4. The van der Waals surface area contributed by atoms with Gasteiger partial charge in [0, 0.05) is 13.0 Å². The average molecular weight is 475 g/mol. The third kappa shape index (κ3) is 8.86. The van der Waals surface area contributed by atoms with E-state index in [2.05, 4.69) is 55.4 Å². The number of ether oxygens (including phenoxy) is 2. The Morgan fingerprint density at radius 2 is 1.23 bits per heavy atom. The summed E-state index contributed by atoms with van der Waals surface area (Å²) in [5.41, 5.74) is 0. The molecule has 0 radical (unpaired) electrons. The van der Waals surface area contributed by atoms with Crippen molar-refractivity contribution >= 4 is 16.6 Å². The maximum atomic E-state index is 7.05. The van der Waals surface area contributed by atoms with Crippen molar-refractivity contribution in [3.8, 4) is 0 Å². The van der Waals surface area contributed by atoms with E-state index >= 15 is 0 Å². The molecule has 1 heterocycles. The van der Waals surface area contributed by atoms with E-state index in [-0.39, 0.29) is 24.6 Å². The third-order valence-electron chi connectivity index (χ3n) is 7.83. The molecule has 0 N–H and O–H groups in total. The molecule has 0 amide bonds. The Morgan fingerprint density at radius 3 is 1.74 bits per heavy atom. The van der Waals surface area contributed by atoms with E-state index < -0.39 is 16.6 Å². The smallest absolute Gasteiger partial charge is 0.192 e. The van der Waals surface area contributed by atoms with Crippen LogP contribution in [0.2, 0.25) is 36.3 Å². The number of hydrogen-bond donors (Lipinski definition) is 0. The van der Waals surface area contributed by atoms with Crippen LogP contribution in [0.15, 0.2) is 0 Å². The van der Waals surface area contributed by atoms with Crippen molar-refractivity contribution in [2.75, 3.05) is 6.61 Å². The lowest BCUT2D eigenvalue weighted by molar-refractivity contribution is -0.240. The van der Waals surface area contributed by atoms with E-state index in [1.165, 1.54) is 43.8 Å². The van der Waals surface area contributed by atoms with Crippen LogP contribution in [-0.4, -0.2) is 47.8 Å². The Morgan fingerprint density at radius 1 is 0.710 bits per heavy atom. The van der Waals surface area contributed by atoms with Gasteiger partial charge in [-0.1, -0.05) is 74.1 Å². The average Bonchev–Trinajstić information content (AvgIpc) is 2.80. The number of unbranched alkanes of at least 4 members (excludes halogenated alkanes) is 4. The highest BCUT2D eigenvalue weighted by Gasteiger charge is 2.46. The standard InChI is InChI=1S/C25H54O4Si2/c1-9-16-17-18-19-20-26-24-21-23(28-30(10-2,11-3)12-4)25(22(8)27-24)29-31(13-5,14-6)15-7/h22-25H,9-21H2,1-8H3/t22-,23-,24-,25-/m0/s1. The first kappa shape index (κ1) is 29.3. The topological polar surface area (TPSA) is 36.9 Å². The van der Waals surface area contributed by atoms with Crippen molar-refractivity contribution in [2.45, 2.75) is 155 Å². The number of hydrogen-bond acceptors (Lipinski definition) is 4. The summed E-state index contributed by atoms with van der Waals surface area (Å²) in [5.74, 6) is 0. The van der Waals surface area contributed by atoms with Crippen LogP contribution >= 0.6 is 0 Å². The van der Waals surface area contributed by atoms with Crippen LogP contribution in [-0.2, 0) is 18.3 Å². The van der Waals surface area contributed by atoms with Crippen LogP contribution < -0.4 is 0 Å². The van der Waals surface area contributed by atoms with Gasteiger partial charge in [0.05, 0.1) is 18.3 Å².